The van der Waals surface area contributed by atoms with E-state index >= 15 is 0 Å². The molecule has 0 aliphatic carbocycles. The van der Waals surface area contributed by atoms with Crippen LogP contribution < -0.4 is 0 Å². The van der Waals surface area contributed by atoms with Crippen LogP contribution in [0.3, 0.4) is 0 Å². The van der Waals surface area contributed by atoms with E-state index < -0.39 is 0 Å². The second kappa shape index (κ2) is 6.08. The fourth-order valence-electron chi connectivity index (χ4n) is 1.96. The SMILES string of the molecule is O=C(/C=C/c1ccc(Cl)s1)c1ccccc1-n1cccn1. The van der Waals surface area contributed by atoms with E-state index in [0.29, 0.717) is 9.90 Å². The highest BCUT2D eigenvalue weighted by Gasteiger charge is 2.09. The van der Waals surface area contributed by atoms with E-state index in [1.807, 2.05) is 42.6 Å². The molecule has 2 heterocycles. The molecule has 0 spiro atoms. The lowest BCUT2D eigenvalue weighted by Gasteiger charge is -2.06. The van der Waals surface area contributed by atoms with Crippen LogP contribution in [0.4, 0.5) is 0 Å². The largest absolute Gasteiger partial charge is 0.289 e. The molecule has 21 heavy (non-hydrogen) atoms. The molecule has 0 saturated heterocycles. The standard InChI is InChI=1S/C16H11ClN2OS/c17-16-9-7-12(21-16)6-8-15(20)13-4-1-2-5-14(13)19-11-3-10-18-19/h1-11H/b8-6+. The van der Waals surface area contributed by atoms with Crippen molar-refractivity contribution in [3.63, 3.8) is 0 Å². The normalized spacial score (nSPS) is 11.1. The Morgan fingerprint density at radius 1 is 1.19 bits per heavy atom. The Hall–Kier alpha value is -2.17. The van der Waals surface area contributed by atoms with E-state index in [-0.39, 0.29) is 5.78 Å². The molecule has 0 amide bonds. The van der Waals surface area contributed by atoms with Crippen LogP contribution in [0.2, 0.25) is 4.34 Å². The molecule has 0 fully saturated rings. The van der Waals surface area contributed by atoms with Gasteiger partial charge in [-0.25, -0.2) is 4.68 Å². The Kier molecular flexibility index (Phi) is 3.99. The lowest BCUT2D eigenvalue weighted by atomic mass is 10.1. The first-order valence-corrected chi connectivity index (χ1v) is 7.50. The van der Waals surface area contributed by atoms with Gasteiger partial charge in [0.25, 0.3) is 0 Å². The predicted molar refractivity (Wildman–Crippen MR) is 86.3 cm³/mol. The van der Waals surface area contributed by atoms with Crippen molar-refractivity contribution in [2.45, 2.75) is 0 Å². The van der Waals surface area contributed by atoms with Gasteiger partial charge in [0.1, 0.15) is 0 Å². The number of para-hydroxylation sites is 1. The third-order valence-electron chi connectivity index (χ3n) is 2.91. The van der Waals surface area contributed by atoms with Crippen LogP contribution in [0.1, 0.15) is 15.2 Å². The molecule has 3 aromatic rings. The Morgan fingerprint density at radius 2 is 2.05 bits per heavy atom. The third kappa shape index (κ3) is 3.12. The number of carbonyl (C=O) groups excluding carboxylic acids is 1. The summed E-state index contributed by atoms with van der Waals surface area (Å²) in [4.78, 5) is 13.3. The summed E-state index contributed by atoms with van der Waals surface area (Å²) in [5.41, 5.74) is 1.38. The van der Waals surface area contributed by atoms with Crippen LogP contribution in [0.5, 0.6) is 0 Å². The first-order valence-electron chi connectivity index (χ1n) is 6.31. The lowest BCUT2D eigenvalue weighted by Crippen LogP contribution is -2.04. The van der Waals surface area contributed by atoms with Crippen LogP contribution in [0, 0.1) is 0 Å². The molecule has 104 valence electrons. The van der Waals surface area contributed by atoms with Crippen molar-refractivity contribution in [1.82, 2.24) is 9.78 Å². The Balaban J connectivity index is 1.90. The van der Waals surface area contributed by atoms with Gasteiger partial charge in [0.2, 0.25) is 0 Å². The average molecular weight is 315 g/mol. The molecular formula is C16H11ClN2OS. The van der Waals surface area contributed by atoms with Gasteiger partial charge in [0, 0.05) is 22.8 Å². The number of thiophene rings is 1. The first-order chi connectivity index (χ1) is 10.2. The zero-order valence-corrected chi connectivity index (χ0v) is 12.5. The average Bonchev–Trinajstić information content (AvgIpc) is 3.16. The number of hydrogen-bond donors (Lipinski definition) is 0. The van der Waals surface area contributed by atoms with Crippen LogP contribution >= 0.6 is 22.9 Å². The van der Waals surface area contributed by atoms with Crippen LogP contribution in [0.15, 0.2) is 60.9 Å². The predicted octanol–water partition coefficient (Wildman–Crippen LogP) is 4.48. The molecule has 0 unspecified atom stereocenters. The Bertz CT molecular complexity index is 790. The molecule has 0 aliphatic rings. The third-order valence-corrected chi connectivity index (χ3v) is 4.11. The zero-order valence-electron chi connectivity index (χ0n) is 10.9. The number of hydrogen-bond acceptors (Lipinski definition) is 3. The second-order valence-corrected chi connectivity index (χ2v) is 6.05. The highest BCUT2D eigenvalue weighted by Crippen LogP contribution is 2.23. The molecule has 0 radical (unpaired) electrons. The summed E-state index contributed by atoms with van der Waals surface area (Å²) in [5, 5.41) is 4.18. The summed E-state index contributed by atoms with van der Waals surface area (Å²) in [6.45, 7) is 0. The van der Waals surface area contributed by atoms with Gasteiger partial charge in [0.15, 0.2) is 5.78 Å². The van der Waals surface area contributed by atoms with Gasteiger partial charge in [-0.1, -0.05) is 23.7 Å². The van der Waals surface area contributed by atoms with Crippen molar-refractivity contribution in [1.29, 1.82) is 0 Å². The van der Waals surface area contributed by atoms with Crippen molar-refractivity contribution in [3.05, 3.63) is 75.7 Å². The molecule has 3 rings (SSSR count). The quantitative estimate of drug-likeness (QED) is 0.525. The van der Waals surface area contributed by atoms with Crippen molar-refractivity contribution < 1.29 is 4.79 Å². The van der Waals surface area contributed by atoms with Crippen molar-refractivity contribution in [3.8, 4) is 5.69 Å². The van der Waals surface area contributed by atoms with Gasteiger partial charge in [0.05, 0.1) is 10.0 Å². The summed E-state index contributed by atoms with van der Waals surface area (Å²) in [5.74, 6) is -0.0642. The number of ketones is 1. The summed E-state index contributed by atoms with van der Waals surface area (Å²) in [6, 6.07) is 12.9. The number of nitrogens with zero attached hydrogens (tertiary/aromatic N) is 2. The van der Waals surface area contributed by atoms with E-state index in [1.54, 1.807) is 29.1 Å². The summed E-state index contributed by atoms with van der Waals surface area (Å²) >= 11 is 7.31. The number of aromatic nitrogens is 2. The Morgan fingerprint density at radius 3 is 2.76 bits per heavy atom. The summed E-state index contributed by atoms with van der Waals surface area (Å²) in [7, 11) is 0. The second-order valence-electron chi connectivity index (χ2n) is 4.31. The maximum absolute atomic E-state index is 12.4. The number of rotatable bonds is 4. The molecule has 0 aliphatic heterocycles. The van der Waals surface area contributed by atoms with E-state index in [4.69, 9.17) is 11.6 Å². The van der Waals surface area contributed by atoms with Crippen LogP contribution in [0.25, 0.3) is 11.8 Å². The molecule has 0 bridgehead atoms. The molecule has 3 nitrogen and oxygen atoms in total. The number of halogens is 1. The van der Waals surface area contributed by atoms with E-state index in [2.05, 4.69) is 5.10 Å². The molecule has 0 saturated carbocycles. The van der Waals surface area contributed by atoms with Gasteiger partial charge < -0.3 is 0 Å². The molecule has 2 aromatic heterocycles. The molecule has 5 heteroatoms. The van der Waals surface area contributed by atoms with E-state index in [1.165, 1.54) is 11.3 Å². The smallest absolute Gasteiger partial charge is 0.188 e. The highest BCUT2D eigenvalue weighted by molar-refractivity contribution is 7.17. The highest BCUT2D eigenvalue weighted by atomic mass is 35.5. The molecule has 0 N–H and O–H groups in total. The summed E-state index contributed by atoms with van der Waals surface area (Å²) < 4.78 is 2.39. The van der Waals surface area contributed by atoms with Crippen molar-refractivity contribution in [2.75, 3.05) is 0 Å². The number of benzene rings is 1. The minimum Gasteiger partial charge on any atom is -0.289 e. The molecule has 0 atom stereocenters. The van der Waals surface area contributed by atoms with Crippen LogP contribution in [-0.4, -0.2) is 15.6 Å². The zero-order chi connectivity index (χ0) is 14.7. The van der Waals surface area contributed by atoms with Crippen molar-refractivity contribution >= 4 is 34.8 Å². The van der Waals surface area contributed by atoms with E-state index in [9.17, 15) is 4.79 Å². The molecule has 1 aromatic carbocycles. The fourth-order valence-corrected chi connectivity index (χ4v) is 2.92. The van der Waals surface area contributed by atoms with Gasteiger partial charge in [-0.3, -0.25) is 4.79 Å². The van der Waals surface area contributed by atoms with Gasteiger partial charge in [-0.15, -0.1) is 11.3 Å². The minimum atomic E-state index is -0.0642. The topological polar surface area (TPSA) is 34.9 Å². The van der Waals surface area contributed by atoms with Crippen molar-refractivity contribution in [2.24, 2.45) is 0 Å². The number of allylic oxidation sites excluding steroid dienone is 1. The van der Waals surface area contributed by atoms with E-state index in [0.717, 1.165) is 10.6 Å². The first kappa shape index (κ1) is 13.8. The van der Waals surface area contributed by atoms with Crippen LogP contribution in [-0.2, 0) is 0 Å². The van der Waals surface area contributed by atoms with Gasteiger partial charge >= 0.3 is 0 Å². The van der Waals surface area contributed by atoms with Gasteiger partial charge in [-0.2, -0.15) is 5.10 Å². The number of carbonyl (C=O) groups is 1. The maximum Gasteiger partial charge on any atom is 0.188 e. The Labute approximate surface area is 131 Å². The molecular weight excluding hydrogens is 304 g/mol. The summed E-state index contributed by atoms with van der Waals surface area (Å²) in [6.07, 6.45) is 6.84. The lowest BCUT2D eigenvalue weighted by molar-refractivity contribution is 0.104. The monoisotopic (exact) mass is 314 g/mol. The minimum absolute atomic E-state index is 0.0642. The maximum atomic E-state index is 12.4. The fraction of sp³-hybridized carbons (Fsp3) is 0. The van der Waals surface area contributed by atoms with Gasteiger partial charge in [-0.05, 0) is 42.5 Å².